The lowest BCUT2D eigenvalue weighted by atomic mass is 10.2. The first-order chi connectivity index (χ1) is 21.8. The van der Waals surface area contributed by atoms with Crippen LogP contribution >= 0.6 is 69.6 Å². The van der Waals surface area contributed by atoms with Gasteiger partial charge in [0.05, 0.1) is 21.3 Å². The Morgan fingerprint density at radius 2 is 1.22 bits per heavy atom. The fraction of sp³-hybridized carbons (Fsp3) is 0.185. The fourth-order valence-corrected chi connectivity index (χ4v) is 3.75. The fourth-order valence-electron chi connectivity index (χ4n) is 3.25. The van der Waals surface area contributed by atoms with Crippen molar-refractivity contribution in [2.45, 2.75) is 7.59 Å². The summed E-state index contributed by atoms with van der Waals surface area (Å²) in [5.41, 5.74) is 1.41. The van der Waals surface area contributed by atoms with Crippen molar-refractivity contribution in [3.8, 4) is 28.6 Å². The first kappa shape index (κ1) is 36.6. The molecule has 0 spiro atoms. The highest BCUT2D eigenvalue weighted by atomic mass is 35.6. The predicted molar refractivity (Wildman–Crippen MR) is 174 cm³/mol. The normalized spacial score (nSPS) is 11.1. The largest absolute Gasteiger partial charge is 0.497 e. The van der Waals surface area contributed by atoms with E-state index in [0.29, 0.717) is 17.1 Å². The lowest BCUT2D eigenvalue weighted by Crippen LogP contribution is -2.09. The maximum Gasteiger partial charge on any atom is 0.264 e. The van der Waals surface area contributed by atoms with Gasteiger partial charge in [-0.1, -0.05) is 87.8 Å². The van der Waals surface area contributed by atoms with Crippen LogP contribution in [0.4, 0.5) is 11.9 Å². The van der Waals surface area contributed by atoms with Gasteiger partial charge in [0.25, 0.3) is 11.9 Å². The number of ether oxygens (including phenoxy) is 3. The Hall–Kier alpha value is -3.90. The summed E-state index contributed by atoms with van der Waals surface area (Å²) in [5, 5.41) is 0. The van der Waals surface area contributed by atoms with Crippen LogP contribution in [-0.2, 0) is 17.2 Å². The van der Waals surface area contributed by atoms with Crippen molar-refractivity contribution >= 4 is 106 Å². The van der Waals surface area contributed by atoms with Crippen LogP contribution in [0.15, 0.2) is 52.4 Å². The smallest absolute Gasteiger partial charge is 0.264 e. The van der Waals surface area contributed by atoms with Crippen LogP contribution in [-0.4, -0.2) is 63.4 Å². The van der Waals surface area contributed by atoms with Crippen LogP contribution in [0.1, 0.15) is 23.0 Å². The molecule has 238 valence electrons. The molecule has 0 fully saturated rings. The number of carbonyl (C=O) groups excluding carboxylic acids is 2. The van der Waals surface area contributed by atoms with E-state index in [1.165, 1.54) is 26.4 Å². The minimum atomic E-state index is -1.90. The molecular formula is C27H18Cl6N8O5. The summed E-state index contributed by atoms with van der Waals surface area (Å²) >= 11 is 34.6. The van der Waals surface area contributed by atoms with Gasteiger partial charge >= 0.3 is 0 Å². The van der Waals surface area contributed by atoms with Crippen LogP contribution in [0.5, 0.6) is 17.2 Å². The van der Waals surface area contributed by atoms with Gasteiger partial charge in [-0.25, -0.2) is 19.6 Å². The third kappa shape index (κ3) is 10.6. The molecule has 0 bridgehead atoms. The highest BCUT2D eigenvalue weighted by Gasteiger charge is 2.29. The number of alkyl halides is 6. The van der Waals surface area contributed by atoms with E-state index in [4.69, 9.17) is 83.8 Å². The number of halogens is 6. The predicted octanol–water partition coefficient (Wildman–Crippen LogP) is 7.19. The average Bonchev–Trinajstić information content (AvgIpc) is 3.03. The van der Waals surface area contributed by atoms with Crippen molar-refractivity contribution in [2.75, 3.05) is 21.3 Å². The van der Waals surface area contributed by atoms with Gasteiger partial charge in [0.1, 0.15) is 5.75 Å². The van der Waals surface area contributed by atoms with Gasteiger partial charge in [-0.2, -0.15) is 19.9 Å². The quantitative estimate of drug-likeness (QED) is 0.102. The number of hydrogen-bond donors (Lipinski definition) is 0. The van der Waals surface area contributed by atoms with Gasteiger partial charge < -0.3 is 14.2 Å². The third-order valence-electron chi connectivity index (χ3n) is 5.25. The summed E-state index contributed by atoms with van der Waals surface area (Å²) in [5.74, 6) is 1.34. The van der Waals surface area contributed by atoms with E-state index in [-0.39, 0.29) is 35.2 Å². The number of isocyanates is 2. The maximum atomic E-state index is 10.4. The van der Waals surface area contributed by atoms with Gasteiger partial charge in [-0.3, -0.25) is 0 Å². The van der Waals surface area contributed by atoms with E-state index < -0.39 is 7.59 Å². The Morgan fingerprint density at radius 1 is 0.652 bits per heavy atom. The Morgan fingerprint density at radius 3 is 1.74 bits per heavy atom. The average molecular weight is 747 g/mol. The zero-order chi connectivity index (χ0) is 33.9. The minimum Gasteiger partial charge on any atom is -0.497 e. The Kier molecular flexibility index (Phi) is 13.2. The number of hydrogen-bond acceptors (Lipinski definition) is 13. The standard InChI is InChI=1S/C14H9Cl3N4O2.C13H9Cl3N4O3/c1-23-10-5-2-9(3-6-10)4-7-11-19-12(14(15,16)17)21-13(20-11)18-8-22;1-22-8-4-3-7(5-9(8)23-2)10-18-11(13(14,15)16)20-12(19-10)17-6-21/h2-7H,1H3;3-5H,1-2H3. The van der Waals surface area contributed by atoms with Crippen molar-refractivity contribution in [1.29, 1.82) is 0 Å². The molecule has 0 radical (unpaired) electrons. The first-order valence-electron chi connectivity index (χ1n) is 12.2. The number of nitrogens with zero attached hydrogens (tertiary/aromatic N) is 8. The summed E-state index contributed by atoms with van der Waals surface area (Å²) in [6.07, 6.45) is 5.98. The van der Waals surface area contributed by atoms with E-state index in [1.54, 1.807) is 37.5 Å². The number of aliphatic imine (C=N–C) groups is 2. The number of rotatable bonds is 8. The first-order valence-corrected chi connectivity index (χ1v) is 14.4. The number of methoxy groups -OCH3 is 3. The molecule has 0 saturated heterocycles. The highest BCUT2D eigenvalue weighted by Crippen LogP contribution is 2.38. The molecule has 2 heterocycles. The highest BCUT2D eigenvalue weighted by molar-refractivity contribution is 6.67. The molecule has 19 heteroatoms. The molecule has 2 aromatic carbocycles. The summed E-state index contributed by atoms with van der Waals surface area (Å²) in [6, 6.07) is 12.3. The van der Waals surface area contributed by atoms with Crippen molar-refractivity contribution < 1.29 is 23.8 Å². The van der Waals surface area contributed by atoms with Crippen LogP contribution in [0, 0.1) is 0 Å². The maximum absolute atomic E-state index is 10.4. The van der Waals surface area contributed by atoms with Gasteiger partial charge in [0, 0.05) is 5.56 Å². The van der Waals surface area contributed by atoms with Gasteiger partial charge in [0.2, 0.25) is 19.7 Å². The Balaban J connectivity index is 0.000000250. The van der Waals surface area contributed by atoms with Gasteiger partial charge in [-0.15, -0.1) is 9.98 Å². The molecule has 4 aromatic rings. The van der Waals surface area contributed by atoms with Crippen LogP contribution < -0.4 is 14.2 Å². The van der Waals surface area contributed by atoms with E-state index in [2.05, 4.69) is 39.9 Å². The van der Waals surface area contributed by atoms with Crippen molar-refractivity contribution in [3.05, 3.63) is 65.5 Å². The molecule has 0 aliphatic carbocycles. The van der Waals surface area contributed by atoms with E-state index in [9.17, 15) is 9.59 Å². The molecule has 46 heavy (non-hydrogen) atoms. The van der Waals surface area contributed by atoms with Crippen molar-refractivity contribution in [3.63, 3.8) is 0 Å². The topological polar surface area (TPSA) is 164 Å². The van der Waals surface area contributed by atoms with Gasteiger partial charge in [-0.05, 0) is 42.0 Å². The monoisotopic (exact) mass is 744 g/mol. The molecule has 13 nitrogen and oxygen atoms in total. The molecular weight excluding hydrogens is 729 g/mol. The minimum absolute atomic E-state index is 0.138. The molecule has 0 unspecified atom stereocenters. The Labute approximate surface area is 291 Å². The number of benzene rings is 2. The van der Waals surface area contributed by atoms with E-state index in [0.717, 1.165) is 11.3 Å². The molecule has 0 atom stereocenters. The molecule has 4 rings (SSSR count). The molecule has 0 saturated carbocycles. The molecule has 0 aliphatic heterocycles. The van der Waals surface area contributed by atoms with Crippen LogP contribution in [0.3, 0.4) is 0 Å². The number of aromatic nitrogens is 6. The van der Waals surface area contributed by atoms with Gasteiger partial charge in [0.15, 0.2) is 34.8 Å². The lowest BCUT2D eigenvalue weighted by molar-refractivity contribution is 0.355. The molecule has 0 amide bonds. The van der Waals surface area contributed by atoms with E-state index >= 15 is 0 Å². The molecule has 2 aromatic heterocycles. The molecule has 0 aliphatic rings. The zero-order valence-corrected chi connectivity index (χ0v) is 28.1. The van der Waals surface area contributed by atoms with Crippen LogP contribution in [0.25, 0.3) is 23.5 Å². The second kappa shape index (κ2) is 16.6. The second-order valence-electron chi connectivity index (χ2n) is 8.18. The van der Waals surface area contributed by atoms with E-state index in [1.807, 2.05) is 24.3 Å². The summed E-state index contributed by atoms with van der Waals surface area (Å²) in [7, 11) is 4.59. The summed E-state index contributed by atoms with van der Waals surface area (Å²) < 4.78 is 11.7. The third-order valence-corrected chi connectivity index (χ3v) is 6.26. The second-order valence-corrected chi connectivity index (χ2v) is 12.7. The summed E-state index contributed by atoms with van der Waals surface area (Å²) in [4.78, 5) is 51.1. The summed E-state index contributed by atoms with van der Waals surface area (Å²) in [6.45, 7) is 0. The SMILES string of the molecule is COc1ccc(-c2nc(N=C=O)nc(C(Cl)(Cl)Cl)n2)cc1OC.COc1ccc(C=Cc2nc(N=C=O)nc(C(Cl)(Cl)Cl)n2)cc1. The lowest BCUT2D eigenvalue weighted by Gasteiger charge is -2.12. The van der Waals surface area contributed by atoms with Crippen molar-refractivity contribution in [2.24, 2.45) is 9.98 Å². The zero-order valence-electron chi connectivity index (χ0n) is 23.6. The molecule has 0 N–H and O–H groups in total. The van der Waals surface area contributed by atoms with Crippen molar-refractivity contribution in [1.82, 2.24) is 29.9 Å². The van der Waals surface area contributed by atoms with Crippen LogP contribution in [0.2, 0.25) is 0 Å². The Bertz CT molecular complexity index is 1800.